The molecule has 0 unspecified atom stereocenters. The highest BCUT2D eigenvalue weighted by Crippen LogP contribution is 2.18. The molecule has 28 heavy (non-hydrogen) atoms. The second kappa shape index (κ2) is 9.76. The van der Waals surface area contributed by atoms with E-state index in [1.165, 1.54) is 0 Å². The van der Waals surface area contributed by atoms with Crippen molar-refractivity contribution in [3.63, 3.8) is 0 Å². The summed E-state index contributed by atoms with van der Waals surface area (Å²) in [5, 5.41) is 4.01. The van der Waals surface area contributed by atoms with E-state index >= 15 is 0 Å². The van der Waals surface area contributed by atoms with E-state index < -0.39 is 0 Å². The Morgan fingerprint density at radius 1 is 0.750 bits per heavy atom. The van der Waals surface area contributed by atoms with Crippen molar-refractivity contribution in [2.24, 2.45) is 0 Å². The molecule has 0 aliphatic heterocycles. The Morgan fingerprint density at radius 3 is 1.64 bits per heavy atom. The third kappa shape index (κ3) is 5.47. The molecule has 0 atom stereocenters. The van der Waals surface area contributed by atoms with Crippen LogP contribution in [0.1, 0.15) is 11.1 Å². The molecule has 3 aromatic rings. The lowest BCUT2D eigenvalue weighted by Crippen LogP contribution is -2.33. The molecule has 4 nitrogen and oxygen atoms in total. The fourth-order valence-corrected chi connectivity index (χ4v) is 3.07. The zero-order valence-electron chi connectivity index (χ0n) is 16.1. The lowest BCUT2D eigenvalue weighted by atomic mass is 10.1. The summed E-state index contributed by atoms with van der Waals surface area (Å²) in [6, 6.07) is 26.1. The smallest absolute Gasteiger partial charge is 0.174 e. The average Bonchev–Trinajstić information content (AvgIpc) is 2.75. The van der Waals surface area contributed by atoms with E-state index in [0.717, 1.165) is 28.3 Å². The Bertz CT molecular complexity index is 831. The molecule has 3 aromatic carbocycles. The SMILES string of the molecule is COc1ccc(CN(Cc2ccc(OC)cc2)C(=S)Nc2ccccc2)cc1. The fraction of sp³-hybridized carbons (Fsp3) is 0.174. The third-order valence-corrected chi connectivity index (χ3v) is 4.74. The number of nitrogens with one attached hydrogen (secondary N) is 1. The highest BCUT2D eigenvalue weighted by atomic mass is 32.1. The largest absolute Gasteiger partial charge is 0.497 e. The number of para-hydroxylation sites is 1. The van der Waals surface area contributed by atoms with Gasteiger partial charge in [-0.2, -0.15) is 0 Å². The maximum atomic E-state index is 5.72. The Morgan fingerprint density at radius 2 is 1.21 bits per heavy atom. The van der Waals surface area contributed by atoms with Crippen LogP contribution < -0.4 is 14.8 Å². The molecule has 5 heteroatoms. The summed E-state index contributed by atoms with van der Waals surface area (Å²) in [6.07, 6.45) is 0. The molecule has 0 bridgehead atoms. The molecule has 0 aliphatic rings. The molecular formula is C23H24N2O2S. The Hall–Kier alpha value is -3.05. The number of hydrogen-bond donors (Lipinski definition) is 1. The first-order chi connectivity index (χ1) is 13.7. The van der Waals surface area contributed by atoms with Crippen molar-refractivity contribution >= 4 is 23.0 Å². The Labute approximate surface area is 171 Å². The number of hydrogen-bond acceptors (Lipinski definition) is 3. The van der Waals surface area contributed by atoms with Gasteiger partial charge in [-0.25, -0.2) is 0 Å². The van der Waals surface area contributed by atoms with E-state index in [9.17, 15) is 0 Å². The first-order valence-corrected chi connectivity index (χ1v) is 9.45. The van der Waals surface area contributed by atoms with Gasteiger partial charge in [-0.3, -0.25) is 0 Å². The number of methoxy groups -OCH3 is 2. The molecule has 3 rings (SSSR count). The molecule has 0 fully saturated rings. The van der Waals surface area contributed by atoms with Gasteiger partial charge in [0.2, 0.25) is 0 Å². The first-order valence-electron chi connectivity index (χ1n) is 9.05. The van der Waals surface area contributed by atoms with Crippen LogP contribution in [0.15, 0.2) is 78.9 Å². The summed E-state index contributed by atoms with van der Waals surface area (Å²) in [5.74, 6) is 1.69. The van der Waals surface area contributed by atoms with Gasteiger partial charge in [-0.15, -0.1) is 0 Å². The van der Waals surface area contributed by atoms with Crippen molar-refractivity contribution in [1.29, 1.82) is 0 Å². The second-order valence-corrected chi connectivity index (χ2v) is 6.74. The topological polar surface area (TPSA) is 33.7 Å². The van der Waals surface area contributed by atoms with Crippen LogP contribution in [0.5, 0.6) is 11.5 Å². The highest BCUT2D eigenvalue weighted by molar-refractivity contribution is 7.80. The Kier molecular flexibility index (Phi) is 6.87. The van der Waals surface area contributed by atoms with Crippen molar-refractivity contribution in [2.75, 3.05) is 19.5 Å². The summed E-state index contributed by atoms with van der Waals surface area (Å²) < 4.78 is 10.5. The van der Waals surface area contributed by atoms with Crippen molar-refractivity contribution < 1.29 is 9.47 Å². The van der Waals surface area contributed by atoms with Crippen molar-refractivity contribution in [2.45, 2.75) is 13.1 Å². The van der Waals surface area contributed by atoms with Gasteiger partial charge in [-0.05, 0) is 59.7 Å². The van der Waals surface area contributed by atoms with Crippen LogP contribution >= 0.6 is 12.2 Å². The first kappa shape index (κ1) is 19.7. The minimum atomic E-state index is 0.679. The number of benzene rings is 3. The molecule has 0 aromatic heterocycles. The van der Waals surface area contributed by atoms with Crippen LogP contribution in [0.25, 0.3) is 0 Å². The number of thiocarbonyl (C=S) groups is 1. The van der Waals surface area contributed by atoms with Crippen LogP contribution in [-0.4, -0.2) is 24.2 Å². The predicted octanol–water partition coefficient (Wildman–Crippen LogP) is 5.10. The van der Waals surface area contributed by atoms with Gasteiger partial charge in [0.05, 0.1) is 14.2 Å². The number of ether oxygens (including phenoxy) is 2. The lowest BCUT2D eigenvalue weighted by Gasteiger charge is -2.26. The monoisotopic (exact) mass is 392 g/mol. The number of nitrogens with zero attached hydrogens (tertiary/aromatic N) is 1. The summed E-state index contributed by atoms with van der Waals surface area (Å²) in [6.45, 7) is 1.38. The standard InChI is InChI=1S/C23H24N2O2S/c1-26-21-12-8-18(9-13-21)16-25(17-19-10-14-22(27-2)15-11-19)23(28)24-20-6-4-3-5-7-20/h3-15H,16-17H2,1-2H3,(H,24,28). The van der Waals surface area contributed by atoms with Crippen LogP contribution in [0, 0.1) is 0 Å². The third-order valence-electron chi connectivity index (χ3n) is 4.38. The quantitative estimate of drug-likeness (QED) is 0.566. The summed E-state index contributed by atoms with van der Waals surface area (Å²) in [5.41, 5.74) is 3.29. The van der Waals surface area contributed by atoms with Gasteiger partial charge in [0.25, 0.3) is 0 Å². The predicted molar refractivity (Wildman–Crippen MR) is 118 cm³/mol. The minimum Gasteiger partial charge on any atom is -0.497 e. The van der Waals surface area contributed by atoms with Gasteiger partial charge in [0, 0.05) is 18.8 Å². The van der Waals surface area contributed by atoms with Gasteiger partial charge in [0.15, 0.2) is 5.11 Å². The average molecular weight is 393 g/mol. The normalized spacial score (nSPS) is 10.2. The molecule has 1 N–H and O–H groups in total. The van der Waals surface area contributed by atoms with Crippen LogP contribution in [-0.2, 0) is 13.1 Å². The second-order valence-electron chi connectivity index (χ2n) is 6.35. The molecule has 0 amide bonds. The lowest BCUT2D eigenvalue weighted by molar-refractivity contribution is 0.404. The highest BCUT2D eigenvalue weighted by Gasteiger charge is 2.12. The fourth-order valence-electron chi connectivity index (χ4n) is 2.83. The van der Waals surface area contributed by atoms with E-state index in [0.29, 0.717) is 18.2 Å². The van der Waals surface area contributed by atoms with E-state index in [2.05, 4.69) is 34.5 Å². The van der Waals surface area contributed by atoms with Gasteiger partial charge in [0.1, 0.15) is 11.5 Å². The zero-order chi connectivity index (χ0) is 19.8. The van der Waals surface area contributed by atoms with Gasteiger partial charge >= 0.3 is 0 Å². The van der Waals surface area contributed by atoms with Crippen molar-refractivity contribution in [3.8, 4) is 11.5 Å². The molecule has 0 radical (unpaired) electrons. The van der Waals surface area contributed by atoms with Crippen molar-refractivity contribution in [3.05, 3.63) is 90.0 Å². The van der Waals surface area contributed by atoms with Crippen LogP contribution in [0.3, 0.4) is 0 Å². The summed E-state index contributed by atoms with van der Waals surface area (Å²) >= 11 is 5.72. The molecule has 0 aliphatic carbocycles. The maximum Gasteiger partial charge on any atom is 0.174 e. The molecule has 144 valence electrons. The zero-order valence-corrected chi connectivity index (χ0v) is 16.9. The number of anilines is 1. The summed E-state index contributed by atoms with van der Waals surface area (Å²) in [7, 11) is 3.34. The van der Waals surface area contributed by atoms with E-state index in [-0.39, 0.29) is 0 Å². The molecule has 0 heterocycles. The van der Waals surface area contributed by atoms with E-state index in [4.69, 9.17) is 21.7 Å². The van der Waals surface area contributed by atoms with Crippen LogP contribution in [0.4, 0.5) is 5.69 Å². The Balaban J connectivity index is 1.77. The number of rotatable bonds is 7. The van der Waals surface area contributed by atoms with E-state index in [1.54, 1.807) is 14.2 Å². The molecular weight excluding hydrogens is 368 g/mol. The van der Waals surface area contributed by atoms with Gasteiger partial charge in [-0.1, -0.05) is 42.5 Å². The molecule has 0 saturated heterocycles. The molecule has 0 saturated carbocycles. The maximum absolute atomic E-state index is 5.72. The van der Waals surface area contributed by atoms with Gasteiger partial charge < -0.3 is 19.7 Å². The van der Waals surface area contributed by atoms with E-state index in [1.807, 2.05) is 54.6 Å². The summed E-state index contributed by atoms with van der Waals surface area (Å²) in [4.78, 5) is 2.14. The minimum absolute atomic E-state index is 0.679. The molecule has 0 spiro atoms. The van der Waals surface area contributed by atoms with Crippen LogP contribution in [0.2, 0.25) is 0 Å². The van der Waals surface area contributed by atoms with Crippen molar-refractivity contribution in [1.82, 2.24) is 4.90 Å².